The molecule has 11 heavy (non-hydrogen) atoms. The summed E-state index contributed by atoms with van der Waals surface area (Å²) >= 11 is 2.89. The van der Waals surface area contributed by atoms with E-state index in [4.69, 9.17) is 0 Å². The molecular formula is C6H11BrO3S. The van der Waals surface area contributed by atoms with E-state index in [1.807, 2.05) is 0 Å². The van der Waals surface area contributed by atoms with Crippen molar-refractivity contribution in [3.8, 4) is 0 Å². The van der Waals surface area contributed by atoms with Crippen LogP contribution in [0.15, 0.2) is 0 Å². The second-order valence-electron chi connectivity index (χ2n) is 2.38. The first-order valence-corrected chi connectivity index (χ1v) is 5.62. The molecule has 0 aliphatic carbocycles. The maximum atomic E-state index is 11.2. The molecule has 0 fully saturated rings. The third-order valence-corrected chi connectivity index (χ3v) is 5.85. The van der Waals surface area contributed by atoms with Gasteiger partial charge in [-0.3, -0.25) is 4.79 Å². The van der Waals surface area contributed by atoms with Gasteiger partial charge in [-0.2, -0.15) is 0 Å². The Labute approximate surface area is 75.2 Å². The van der Waals surface area contributed by atoms with E-state index in [2.05, 4.69) is 15.9 Å². The van der Waals surface area contributed by atoms with Crippen LogP contribution in [0.4, 0.5) is 0 Å². The van der Waals surface area contributed by atoms with Gasteiger partial charge in [0.05, 0.1) is 0 Å². The lowest BCUT2D eigenvalue weighted by Crippen LogP contribution is -2.36. The van der Waals surface area contributed by atoms with E-state index < -0.39 is 13.5 Å². The summed E-state index contributed by atoms with van der Waals surface area (Å²) in [6.45, 7) is 4.12. The molecule has 3 nitrogen and oxygen atoms in total. The van der Waals surface area contributed by atoms with Gasteiger partial charge in [-0.25, -0.2) is 8.42 Å². The summed E-state index contributed by atoms with van der Waals surface area (Å²) in [6, 6.07) is 0. The number of ketones is 1. The monoisotopic (exact) mass is 242 g/mol. The van der Waals surface area contributed by atoms with Crippen molar-refractivity contribution in [2.24, 2.45) is 0 Å². The molecule has 0 radical (unpaired) electrons. The molecule has 0 aromatic carbocycles. The summed E-state index contributed by atoms with van der Waals surface area (Å²) in [6.07, 6.45) is 0. The zero-order valence-corrected chi connectivity index (χ0v) is 9.12. The van der Waals surface area contributed by atoms with E-state index >= 15 is 0 Å². The van der Waals surface area contributed by atoms with Crippen LogP contribution in [-0.4, -0.2) is 23.6 Å². The highest BCUT2D eigenvalue weighted by Crippen LogP contribution is 2.26. The summed E-state index contributed by atoms with van der Waals surface area (Å²) in [7, 11) is -3.33. The Morgan fingerprint density at radius 1 is 1.55 bits per heavy atom. The number of halogens is 1. The maximum Gasteiger partial charge on any atom is 0.181 e. The van der Waals surface area contributed by atoms with Crippen LogP contribution in [0, 0.1) is 0 Å². The van der Waals surface area contributed by atoms with Gasteiger partial charge in [0.1, 0.15) is 0 Å². The molecule has 0 N–H and O–H groups in total. The highest BCUT2D eigenvalue weighted by Gasteiger charge is 2.39. The van der Waals surface area contributed by atoms with Crippen LogP contribution in [-0.2, 0) is 14.6 Å². The molecule has 0 aromatic heterocycles. The Morgan fingerprint density at radius 2 is 1.91 bits per heavy atom. The molecule has 0 unspecified atom stereocenters. The number of hydrogen-bond donors (Lipinski definition) is 0. The summed E-state index contributed by atoms with van der Waals surface area (Å²) in [5, 5.41) is 0. The first kappa shape index (κ1) is 11.1. The normalized spacial score (nSPS) is 17.5. The van der Waals surface area contributed by atoms with Crippen LogP contribution >= 0.6 is 15.9 Å². The van der Waals surface area contributed by atoms with Gasteiger partial charge in [-0.05, 0) is 13.8 Å². The predicted molar refractivity (Wildman–Crippen MR) is 47.5 cm³/mol. The molecule has 0 saturated heterocycles. The van der Waals surface area contributed by atoms with E-state index in [0.717, 1.165) is 0 Å². The Hall–Kier alpha value is 0.1000. The number of rotatable bonds is 3. The van der Waals surface area contributed by atoms with Crippen molar-refractivity contribution in [3.05, 3.63) is 0 Å². The second-order valence-corrected chi connectivity index (χ2v) is 7.11. The molecule has 0 bridgehead atoms. The van der Waals surface area contributed by atoms with Crippen LogP contribution in [0.3, 0.4) is 0 Å². The Morgan fingerprint density at radius 3 is 2.00 bits per heavy atom. The fourth-order valence-electron chi connectivity index (χ4n) is 0.490. The molecule has 0 aliphatic heterocycles. The number of hydrogen-bond acceptors (Lipinski definition) is 3. The van der Waals surface area contributed by atoms with E-state index in [1.165, 1.54) is 20.8 Å². The lowest BCUT2D eigenvalue weighted by atomic mass is 10.3. The Kier molecular flexibility index (Phi) is 3.26. The number of sulfone groups is 1. The smallest absolute Gasteiger partial charge is 0.181 e. The van der Waals surface area contributed by atoms with Crippen LogP contribution in [0.25, 0.3) is 0 Å². The van der Waals surface area contributed by atoms with Crippen LogP contribution in [0.2, 0.25) is 0 Å². The molecule has 0 heterocycles. The molecule has 0 aromatic rings. The third-order valence-electron chi connectivity index (χ3n) is 1.59. The number of carbonyl (C=O) groups excluding carboxylic acids is 1. The van der Waals surface area contributed by atoms with Gasteiger partial charge in [0.25, 0.3) is 0 Å². The summed E-state index contributed by atoms with van der Waals surface area (Å²) in [5.41, 5.74) is 0. The molecular weight excluding hydrogens is 232 g/mol. The summed E-state index contributed by atoms with van der Waals surface area (Å²) < 4.78 is 21.0. The fraction of sp³-hybridized carbons (Fsp3) is 0.833. The summed E-state index contributed by atoms with van der Waals surface area (Å²) in [4.78, 5) is 10.8. The molecule has 0 spiro atoms. The zero-order chi connectivity index (χ0) is 9.28. The molecule has 0 saturated carbocycles. The van der Waals surface area contributed by atoms with Crippen LogP contribution in [0.1, 0.15) is 20.8 Å². The first-order chi connectivity index (χ1) is 4.75. The Balaban J connectivity index is 5.01. The molecule has 0 rings (SSSR count). The van der Waals surface area contributed by atoms with Gasteiger partial charge in [-0.15, -0.1) is 0 Å². The third kappa shape index (κ3) is 2.02. The van der Waals surface area contributed by atoms with Crippen molar-refractivity contribution in [1.82, 2.24) is 0 Å². The fourth-order valence-corrected chi connectivity index (χ4v) is 2.16. The minimum absolute atomic E-state index is 0.0334. The zero-order valence-electron chi connectivity index (χ0n) is 6.72. The predicted octanol–water partition coefficient (Wildman–Crippen LogP) is 1.12. The molecule has 66 valence electrons. The van der Waals surface area contributed by atoms with Gasteiger partial charge >= 0.3 is 0 Å². The van der Waals surface area contributed by atoms with E-state index in [-0.39, 0.29) is 11.5 Å². The van der Waals surface area contributed by atoms with Gasteiger partial charge in [0, 0.05) is 5.75 Å². The lowest BCUT2D eigenvalue weighted by molar-refractivity contribution is -0.116. The van der Waals surface area contributed by atoms with Crippen molar-refractivity contribution >= 4 is 31.6 Å². The van der Waals surface area contributed by atoms with Gasteiger partial charge in [-0.1, -0.05) is 22.9 Å². The van der Waals surface area contributed by atoms with Crippen LogP contribution in [0.5, 0.6) is 0 Å². The van der Waals surface area contributed by atoms with Gasteiger partial charge in [0.15, 0.2) is 19.3 Å². The quantitative estimate of drug-likeness (QED) is 0.698. The van der Waals surface area contributed by atoms with E-state index in [0.29, 0.717) is 0 Å². The number of carbonyl (C=O) groups is 1. The minimum atomic E-state index is -3.33. The molecule has 1 atom stereocenters. The van der Waals surface area contributed by atoms with Crippen LogP contribution < -0.4 is 0 Å². The SMILES string of the molecule is CCS(=O)(=O)[C@](C)(Br)C(C)=O. The highest BCUT2D eigenvalue weighted by molar-refractivity contribution is 9.12. The van der Waals surface area contributed by atoms with E-state index in [1.54, 1.807) is 0 Å². The molecule has 0 amide bonds. The molecule has 5 heteroatoms. The minimum Gasteiger partial charge on any atom is -0.297 e. The topological polar surface area (TPSA) is 51.2 Å². The standard InChI is InChI=1S/C6H11BrO3S/c1-4-11(9,10)6(3,7)5(2)8/h4H2,1-3H3/t6-/m0/s1. The van der Waals surface area contributed by atoms with Gasteiger partial charge < -0.3 is 0 Å². The van der Waals surface area contributed by atoms with Crippen molar-refractivity contribution in [3.63, 3.8) is 0 Å². The Bertz CT molecular complexity index is 253. The largest absolute Gasteiger partial charge is 0.297 e. The number of Topliss-reactive ketones (excluding diaryl/α,β-unsaturated/α-hetero) is 1. The van der Waals surface area contributed by atoms with Crippen molar-refractivity contribution in [2.75, 3.05) is 5.75 Å². The van der Waals surface area contributed by atoms with Crippen molar-refractivity contribution in [1.29, 1.82) is 0 Å². The highest BCUT2D eigenvalue weighted by atomic mass is 79.9. The summed E-state index contributed by atoms with van der Waals surface area (Å²) in [5.74, 6) is -0.423. The van der Waals surface area contributed by atoms with E-state index in [9.17, 15) is 13.2 Å². The van der Waals surface area contributed by atoms with Gasteiger partial charge in [0.2, 0.25) is 0 Å². The first-order valence-electron chi connectivity index (χ1n) is 3.18. The average Bonchev–Trinajstić information content (AvgIpc) is 1.87. The number of alkyl halides is 1. The van der Waals surface area contributed by atoms with Crippen molar-refractivity contribution < 1.29 is 13.2 Å². The second kappa shape index (κ2) is 3.23. The maximum absolute atomic E-state index is 11.2. The van der Waals surface area contributed by atoms with Crippen molar-refractivity contribution in [2.45, 2.75) is 24.4 Å². The lowest BCUT2D eigenvalue weighted by Gasteiger charge is -2.17. The average molecular weight is 243 g/mol. The molecule has 0 aliphatic rings.